The van der Waals surface area contributed by atoms with Crippen molar-refractivity contribution in [2.75, 3.05) is 20.8 Å². The molecule has 0 saturated carbocycles. The Labute approximate surface area is 127 Å². The summed E-state index contributed by atoms with van der Waals surface area (Å²) in [7, 11) is 3.25. The van der Waals surface area contributed by atoms with Crippen molar-refractivity contribution < 1.29 is 14.2 Å². The van der Waals surface area contributed by atoms with Gasteiger partial charge in [-0.2, -0.15) is 0 Å². The van der Waals surface area contributed by atoms with Gasteiger partial charge in [-0.25, -0.2) is 0 Å². The molecule has 1 aromatic carbocycles. The van der Waals surface area contributed by atoms with Gasteiger partial charge in [0.2, 0.25) is 0 Å². The summed E-state index contributed by atoms with van der Waals surface area (Å²) in [4.78, 5) is 0. The van der Waals surface area contributed by atoms with Crippen LogP contribution in [0.15, 0.2) is 54.3 Å². The molecule has 0 N–H and O–H groups in total. The predicted molar refractivity (Wildman–Crippen MR) is 86.9 cm³/mol. The van der Waals surface area contributed by atoms with Gasteiger partial charge in [0.05, 0.1) is 14.2 Å². The Morgan fingerprint density at radius 3 is 2.52 bits per heavy atom. The van der Waals surface area contributed by atoms with Crippen molar-refractivity contribution in [3.05, 3.63) is 59.9 Å². The maximum absolute atomic E-state index is 5.83. The average Bonchev–Trinajstić information content (AvgIpc) is 2.54. The van der Waals surface area contributed by atoms with E-state index in [0.29, 0.717) is 12.4 Å². The van der Waals surface area contributed by atoms with Gasteiger partial charge in [-0.05, 0) is 42.7 Å². The summed E-state index contributed by atoms with van der Waals surface area (Å²) in [5, 5.41) is 0. The summed E-state index contributed by atoms with van der Waals surface area (Å²) < 4.78 is 16.2. The number of hydrogen-bond donors (Lipinski definition) is 0. The van der Waals surface area contributed by atoms with Gasteiger partial charge in [0.15, 0.2) is 11.5 Å². The van der Waals surface area contributed by atoms with Crippen molar-refractivity contribution in [3.63, 3.8) is 0 Å². The molecule has 114 valence electrons. The van der Waals surface area contributed by atoms with E-state index in [4.69, 9.17) is 14.2 Å². The van der Waals surface area contributed by atoms with E-state index in [0.717, 1.165) is 23.5 Å². The van der Waals surface area contributed by atoms with Gasteiger partial charge in [-0.15, -0.1) is 0 Å². The minimum atomic E-state index is 0.464. The van der Waals surface area contributed by atoms with Crippen molar-refractivity contribution in [2.24, 2.45) is 0 Å². The van der Waals surface area contributed by atoms with Crippen LogP contribution in [0.1, 0.15) is 19.4 Å². The molecule has 0 heterocycles. The highest BCUT2D eigenvalue weighted by Gasteiger charge is 2.05. The molecule has 0 unspecified atom stereocenters. The summed E-state index contributed by atoms with van der Waals surface area (Å²) >= 11 is 0. The van der Waals surface area contributed by atoms with Gasteiger partial charge >= 0.3 is 0 Å². The molecule has 1 aromatic rings. The Morgan fingerprint density at radius 2 is 1.95 bits per heavy atom. The van der Waals surface area contributed by atoms with Crippen LogP contribution in [0.5, 0.6) is 11.5 Å². The van der Waals surface area contributed by atoms with Crippen LogP contribution in [0, 0.1) is 0 Å². The SMILES string of the molecule is C=C(/C=C\C(=C/C)COc1ccc(CC)cc1OC)OC. The molecule has 3 heteroatoms. The number of benzene rings is 1. The van der Waals surface area contributed by atoms with Crippen LogP contribution in [0.2, 0.25) is 0 Å². The first-order chi connectivity index (χ1) is 10.1. The maximum Gasteiger partial charge on any atom is 0.161 e. The van der Waals surface area contributed by atoms with Crippen LogP contribution < -0.4 is 9.47 Å². The number of hydrogen-bond acceptors (Lipinski definition) is 3. The zero-order chi connectivity index (χ0) is 15.7. The lowest BCUT2D eigenvalue weighted by atomic mass is 10.1. The van der Waals surface area contributed by atoms with E-state index in [1.807, 2.05) is 37.3 Å². The van der Waals surface area contributed by atoms with Crippen molar-refractivity contribution in [2.45, 2.75) is 20.3 Å². The third kappa shape index (κ3) is 5.38. The van der Waals surface area contributed by atoms with E-state index in [-0.39, 0.29) is 0 Å². The summed E-state index contributed by atoms with van der Waals surface area (Å²) in [6.07, 6.45) is 6.71. The van der Waals surface area contributed by atoms with Crippen LogP contribution in [-0.2, 0) is 11.2 Å². The maximum atomic E-state index is 5.83. The van der Waals surface area contributed by atoms with Crippen molar-refractivity contribution in [1.82, 2.24) is 0 Å². The molecule has 0 spiro atoms. The van der Waals surface area contributed by atoms with Crippen molar-refractivity contribution >= 4 is 0 Å². The lowest BCUT2D eigenvalue weighted by Gasteiger charge is -2.12. The fourth-order valence-corrected chi connectivity index (χ4v) is 1.71. The molecule has 1 rings (SSSR count). The van der Waals surface area contributed by atoms with E-state index in [1.165, 1.54) is 5.56 Å². The molecular weight excluding hydrogens is 264 g/mol. The highest BCUT2D eigenvalue weighted by Crippen LogP contribution is 2.28. The van der Waals surface area contributed by atoms with Crippen LogP contribution >= 0.6 is 0 Å². The Bertz CT molecular complexity index is 527. The fraction of sp³-hybridized carbons (Fsp3) is 0.333. The van der Waals surface area contributed by atoms with E-state index in [2.05, 4.69) is 19.6 Å². The zero-order valence-corrected chi connectivity index (χ0v) is 13.3. The number of ether oxygens (including phenoxy) is 3. The van der Waals surface area contributed by atoms with Crippen molar-refractivity contribution in [1.29, 1.82) is 0 Å². The fourth-order valence-electron chi connectivity index (χ4n) is 1.71. The standard InChI is InChI=1S/C18H24O3/c1-6-15-10-11-17(18(12-15)20-5)21-13-16(7-2)9-8-14(3)19-4/h7-12H,3,6,13H2,1-2,4-5H3/b9-8-,16-7+. The van der Waals surface area contributed by atoms with Crippen LogP contribution in [0.3, 0.4) is 0 Å². The lowest BCUT2D eigenvalue weighted by Crippen LogP contribution is -2.01. The smallest absolute Gasteiger partial charge is 0.161 e. The van der Waals surface area contributed by atoms with Crippen molar-refractivity contribution in [3.8, 4) is 11.5 Å². The Kier molecular flexibility index (Phi) is 7.16. The van der Waals surface area contributed by atoms with Gasteiger partial charge in [0.25, 0.3) is 0 Å². The van der Waals surface area contributed by atoms with Crippen LogP contribution in [0.25, 0.3) is 0 Å². The minimum Gasteiger partial charge on any atom is -0.497 e. The highest BCUT2D eigenvalue weighted by molar-refractivity contribution is 5.43. The summed E-state index contributed by atoms with van der Waals surface area (Å²) in [5.74, 6) is 2.11. The van der Waals surface area contributed by atoms with E-state index < -0.39 is 0 Å². The number of rotatable bonds is 8. The molecule has 0 aromatic heterocycles. The van der Waals surface area contributed by atoms with E-state index >= 15 is 0 Å². The first-order valence-electron chi connectivity index (χ1n) is 7.00. The zero-order valence-electron chi connectivity index (χ0n) is 13.3. The molecule has 0 bridgehead atoms. The Morgan fingerprint density at radius 1 is 1.19 bits per heavy atom. The van der Waals surface area contributed by atoms with Gasteiger partial charge in [0.1, 0.15) is 12.4 Å². The second-order valence-electron chi connectivity index (χ2n) is 4.49. The molecule has 0 aliphatic rings. The van der Waals surface area contributed by atoms with Crippen LogP contribution in [-0.4, -0.2) is 20.8 Å². The molecule has 0 atom stereocenters. The normalized spacial score (nSPS) is 11.5. The third-order valence-corrected chi connectivity index (χ3v) is 3.15. The quantitative estimate of drug-likeness (QED) is 0.527. The number of methoxy groups -OCH3 is 2. The Hall–Kier alpha value is -2.16. The third-order valence-electron chi connectivity index (χ3n) is 3.15. The minimum absolute atomic E-state index is 0.464. The summed E-state index contributed by atoms with van der Waals surface area (Å²) in [5.41, 5.74) is 2.26. The number of allylic oxidation sites excluding steroid dienone is 2. The Balaban J connectivity index is 2.73. The molecule has 0 aliphatic carbocycles. The molecule has 0 fully saturated rings. The van der Waals surface area contributed by atoms with Gasteiger partial charge in [-0.3, -0.25) is 0 Å². The highest BCUT2D eigenvalue weighted by atomic mass is 16.5. The molecule has 0 amide bonds. The van der Waals surface area contributed by atoms with Crippen LogP contribution in [0.4, 0.5) is 0 Å². The van der Waals surface area contributed by atoms with Gasteiger partial charge < -0.3 is 14.2 Å². The molecule has 0 saturated heterocycles. The summed E-state index contributed by atoms with van der Waals surface area (Å²) in [6.45, 7) is 8.29. The lowest BCUT2D eigenvalue weighted by molar-refractivity contribution is 0.308. The van der Waals surface area contributed by atoms with Gasteiger partial charge in [0, 0.05) is 0 Å². The predicted octanol–water partition coefficient (Wildman–Crippen LogP) is 4.30. The first-order valence-corrected chi connectivity index (χ1v) is 7.00. The average molecular weight is 288 g/mol. The number of aryl methyl sites for hydroxylation is 1. The second kappa shape index (κ2) is 8.90. The molecule has 21 heavy (non-hydrogen) atoms. The second-order valence-corrected chi connectivity index (χ2v) is 4.49. The topological polar surface area (TPSA) is 27.7 Å². The largest absolute Gasteiger partial charge is 0.497 e. The molecule has 0 aliphatic heterocycles. The first kappa shape index (κ1) is 16.9. The molecular formula is C18H24O3. The van der Waals surface area contributed by atoms with E-state index in [1.54, 1.807) is 14.2 Å². The van der Waals surface area contributed by atoms with Gasteiger partial charge in [-0.1, -0.05) is 31.7 Å². The van der Waals surface area contributed by atoms with E-state index in [9.17, 15) is 0 Å². The molecule has 3 nitrogen and oxygen atoms in total. The monoisotopic (exact) mass is 288 g/mol. The summed E-state index contributed by atoms with van der Waals surface area (Å²) in [6, 6.07) is 6.01. The molecule has 0 radical (unpaired) electrons.